The number of aromatic nitrogens is 1. The van der Waals surface area contributed by atoms with E-state index in [1.54, 1.807) is 6.92 Å². The zero-order valence-electron chi connectivity index (χ0n) is 7.07. The molecular formula is C9H8N2O2. The number of carbonyl (C=O) groups is 1. The number of rotatable bonds is 1. The Morgan fingerprint density at radius 3 is 3.08 bits per heavy atom. The van der Waals surface area contributed by atoms with E-state index in [-0.39, 0.29) is 0 Å². The molecule has 13 heavy (non-hydrogen) atoms. The van der Waals surface area contributed by atoms with Gasteiger partial charge in [-0.25, -0.2) is 4.79 Å². The maximum absolute atomic E-state index is 10.5. The van der Waals surface area contributed by atoms with Gasteiger partial charge in [0.2, 0.25) is 0 Å². The van der Waals surface area contributed by atoms with Crippen LogP contribution in [0.3, 0.4) is 0 Å². The molecule has 0 bridgehead atoms. The lowest BCUT2D eigenvalue weighted by Crippen LogP contribution is -2.16. The predicted octanol–water partition coefficient (Wildman–Crippen LogP) is 0.911. The summed E-state index contributed by atoms with van der Waals surface area (Å²) in [6.45, 7) is 1.68. The molecule has 0 aliphatic rings. The van der Waals surface area contributed by atoms with Gasteiger partial charge in [0.15, 0.2) is 5.75 Å². The molecule has 4 nitrogen and oxygen atoms in total. The molecule has 0 saturated heterocycles. The first-order valence-electron chi connectivity index (χ1n) is 3.58. The number of nitrogens with zero attached hydrogens (tertiary/aromatic N) is 1. The van der Waals surface area contributed by atoms with Gasteiger partial charge in [0.25, 0.3) is 0 Å². The molecule has 0 aromatic carbocycles. The average molecular weight is 176 g/mol. The highest BCUT2D eigenvalue weighted by Gasteiger charge is 2.03. The van der Waals surface area contributed by atoms with Gasteiger partial charge in [-0.05, 0) is 6.92 Å². The van der Waals surface area contributed by atoms with Gasteiger partial charge in [0.05, 0.1) is 5.56 Å². The summed E-state index contributed by atoms with van der Waals surface area (Å²) in [5.41, 5.74) is 5.40. The van der Waals surface area contributed by atoms with Gasteiger partial charge in [-0.3, -0.25) is 4.98 Å². The summed E-state index contributed by atoms with van der Waals surface area (Å²) in [5, 5.41) is 0. The zero-order valence-corrected chi connectivity index (χ0v) is 7.07. The lowest BCUT2D eigenvalue weighted by molar-refractivity contribution is 0.210. The molecule has 4 heteroatoms. The molecule has 2 N–H and O–H groups in total. The topological polar surface area (TPSA) is 65.2 Å². The van der Waals surface area contributed by atoms with Crippen LogP contribution in [0.2, 0.25) is 0 Å². The summed E-state index contributed by atoms with van der Waals surface area (Å²) in [6.07, 6.45) is 2.15. The minimum absolute atomic E-state index is 0.330. The van der Waals surface area contributed by atoms with Crippen LogP contribution in [0.5, 0.6) is 5.75 Å². The van der Waals surface area contributed by atoms with Crippen molar-refractivity contribution in [1.29, 1.82) is 0 Å². The molecule has 0 saturated carbocycles. The first kappa shape index (κ1) is 9.07. The van der Waals surface area contributed by atoms with E-state index in [0.29, 0.717) is 11.3 Å². The fraction of sp³-hybridized carbons (Fsp3) is 0.111. The lowest BCUT2D eigenvalue weighted by Gasteiger charge is -2.01. The first-order valence-corrected chi connectivity index (χ1v) is 3.58. The van der Waals surface area contributed by atoms with Gasteiger partial charge in [0, 0.05) is 18.5 Å². The van der Waals surface area contributed by atoms with Crippen LogP contribution in [0.25, 0.3) is 0 Å². The second-order valence-corrected chi connectivity index (χ2v) is 2.17. The summed E-state index contributed by atoms with van der Waals surface area (Å²) >= 11 is 0. The fourth-order valence-corrected chi connectivity index (χ4v) is 0.808. The molecule has 0 aliphatic heterocycles. The minimum Gasteiger partial charge on any atom is -0.409 e. The number of amides is 1. The smallest absolute Gasteiger partial charge is 0.409 e. The molecule has 0 spiro atoms. The van der Waals surface area contributed by atoms with Crippen molar-refractivity contribution in [2.75, 3.05) is 0 Å². The number of pyridine rings is 1. The molecule has 1 aromatic heterocycles. The first-order chi connectivity index (χ1) is 6.24. The van der Waals surface area contributed by atoms with Crippen molar-refractivity contribution in [2.24, 2.45) is 5.73 Å². The van der Waals surface area contributed by atoms with Crippen molar-refractivity contribution in [2.45, 2.75) is 6.92 Å². The minimum atomic E-state index is -0.856. The number of hydrogen-bond donors (Lipinski definition) is 1. The van der Waals surface area contributed by atoms with Crippen LogP contribution in [-0.4, -0.2) is 11.1 Å². The molecule has 66 valence electrons. The van der Waals surface area contributed by atoms with E-state index in [1.807, 2.05) is 0 Å². The van der Waals surface area contributed by atoms with Gasteiger partial charge >= 0.3 is 6.09 Å². The standard InChI is InChI=1S/C9H8N2O2/c1-2-3-7-6-11-5-4-8(7)13-9(10)12/h4-6H,1H3,(H2,10,12). The number of hydrogen-bond acceptors (Lipinski definition) is 3. The largest absolute Gasteiger partial charge is 0.410 e. The zero-order chi connectivity index (χ0) is 9.68. The maximum Gasteiger partial charge on any atom is 0.410 e. The normalized spacial score (nSPS) is 8.38. The van der Waals surface area contributed by atoms with E-state index in [2.05, 4.69) is 16.8 Å². The highest BCUT2D eigenvalue weighted by molar-refractivity contribution is 5.69. The third-order valence-corrected chi connectivity index (χ3v) is 1.25. The molecule has 0 fully saturated rings. The van der Waals surface area contributed by atoms with Crippen molar-refractivity contribution in [3.8, 4) is 17.6 Å². The van der Waals surface area contributed by atoms with Gasteiger partial charge in [-0.15, -0.1) is 5.92 Å². The summed E-state index contributed by atoms with van der Waals surface area (Å²) < 4.78 is 4.69. The van der Waals surface area contributed by atoms with E-state index >= 15 is 0 Å². The second-order valence-electron chi connectivity index (χ2n) is 2.17. The highest BCUT2D eigenvalue weighted by atomic mass is 16.5. The van der Waals surface area contributed by atoms with Gasteiger partial charge in [0.1, 0.15) is 0 Å². The van der Waals surface area contributed by atoms with E-state index < -0.39 is 6.09 Å². The number of primary amides is 1. The fourth-order valence-electron chi connectivity index (χ4n) is 0.808. The Morgan fingerprint density at radius 2 is 2.46 bits per heavy atom. The van der Waals surface area contributed by atoms with Crippen molar-refractivity contribution in [3.63, 3.8) is 0 Å². The molecule has 1 rings (SSSR count). The van der Waals surface area contributed by atoms with Crippen LogP contribution >= 0.6 is 0 Å². The van der Waals surface area contributed by atoms with Crippen LogP contribution in [0.1, 0.15) is 12.5 Å². The van der Waals surface area contributed by atoms with Crippen molar-refractivity contribution >= 4 is 6.09 Å². The van der Waals surface area contributed by atoms with Crippen LogP contribution in [0.4, 0.5) is 4.79 Å². The number of nitrogens with two attached hydrogens (primary N) is 1. The Labute approximate surface area is 75.7 Å². The molecule has 0 atom stereocenters. The number of carbonyl (C=O) groups excluding carboxylic acids is 1. The Hall–Kier alpha value is -2.02. The SMILES string of the molecule is CC#Cc1cnccc1OC(N)=O. The van der Waals surface area contributed by atoms with E-state index in [0.717, 1.165) is 0 Å². The third kappa shape index (κ3) is 2.49. The molecule has 0 radical (unpaired) electrons. The van der Waals surface area contributed by atoms with Crippen LogP contribution in [0, 0.1) is 11.8 Å². The lowest BCUT2D eigenvalue weighted by atomic mass is 10.2. The second kappa shape index (κ2) is 4.12. The Kier molecular flexibility index (Phi) is 2.87. The monoisotopic (exact) mass is 176 g/mol. The van der Waals surface area contributed by atoms with Crippen LogP contribution in [0.15, 0.2) is 18.5 Å². The van der Waals surface area contributed by atoms with Gasteiger partial charge in [-0.2, -0.15) is 0 Å². The van der Waals surface area contributed by atoms with Gasteiger partial charge < -0.3 is 10.5 Å². The quantitative estimate of drug-likeness (QED) is 0.647. The Balaban J connectivity index is 3.02. The van der Waals surface area contributed by atoms with Crippen molar-refractivity contribution in [1.82, 2.24) is 4.98 Å². The summed E-state index contributed by atoms with van der Waals surface area (Å²) in [5.74, 6) is 5.74. The van der Waals surface area contributed by atoms with Crippen molar-refractivity contribution in [3.05, 3.63) is 24.0 Å². The average Bonchev–Trinajstić information content (AvgIpc) is 2.08. The van der Waals surface area contributed by atoms with E-state index in [9.17, 15) is 4.79 Å². The number of ether oxygens (including phenoxy) is 1. The summed E-state index contributed by atoms with van der Waals surface area (Å²) in [6, 6.07) is 1.53. The Morgan fingerprint density at radius 1 is 1.69 bits per heavy atom. The van der Waals surface area contributed by atoms with Crippen LogP contribution < -0.4 is 10.5 Å². The maximum atomic E-state index is 10.5. The Bertz CT molecular complexity index is 377. The summed E-state index contributed by atoms with van der Waals surface area (Å²) in [7, 11) is 0. The van der Waals surface area contributed by atoms with Crippen LogP contribution in [-0.2, 0) is 0 Å². The van der Waals surface area contributed by atoms with Crippen molar-refractivity contribution < 1.29 is 9.53 Å². The molecule has 1 heterocycles. The summed E-state index contributed by atoms with van der Waals surface area (Å²) in [4.78, 5) is 14.3. The molecule has 1 amide bonds. The molecular weight excluding hydrogens is 168 g/mol. The molecule has 1 aromatic rings. The molecule has 0 aliphatic carbocycles. The predicted molar refractivity (Wildman–Crippen MR) is 47.0 cm³/mol. The van der Waals surface area contributed by atoms with E-state index in [1.165, 1.54) is 18.5 Å². The highest BCUT2D eigenvalue weighted by Crippen LogP contribution is 2.14. The van der Waals surface area contributed by atoms with Gasteiger partial charge in [-0.1, -0.05) is 5.92 Å². The molecule has 0 unspecified atom stereocenters. The van der Waals surface area contributed by atoms with E-state index in [4.69, 9.17) is 10.5 Å². The third-order valence-electron chi connectivity index (χ3n) is 1.25.